The Balaban J connectivity index is 2.67. The number of carbonyl (C=O) groups excluding carboxylic acids is 1. The molecule has 7 heteroatoms. The van der Waals surface area contributed by atoms with Crippen molar-refractivity contribution in [2.75, 3.05) is 6.61 Å². The Bertz CT molecular complexity index is 532. The molecule has 0 amide bonds. The van der Waals surface area contributed by atoms with Gasteiger partial charge in [-0.25, -0.2) is 4.79 Å². The monoisotopic (exact) mass is 361 g/mol. The van der Waals surface area contributed by atoms with E-state index in [1.54, 1.807) is 6.92 Å². The van der Waals surface area contributed by atoms with E-state index >= 15 is 0 Å². The average molecular weight is 361 g/mol. The normalized spacial score (nSPS) is 9.00. The van der Waals surface area contributed by atoms with E-state index < -0.39 is 11.1 Å². The summed E-state index contributed by atoms with van der Waals surface area (Å²) in [4.78, 5) is 21.2. The Labute approximate surface area is 117 Å². The molecule has 1 aromatic rings. The summed E-state index contributed by atoms with van der Waals surface area (Å²) in [6, 6.07) is 3.99. The smallest absolute Gasteiger partial charge is 0.421 e. The van der Waals surface area contributed by atoms with E-state index in [2.05, 4.69) is 14.6 Å². The van der Waals surface area contributed by atoms with Crippen LogP contribution >= 0.6 is 22.6 Å². The van der Waals surface area contributed by atoms with Crippen molar-refractivity contribution in [1.29, 1.82) is 0 Å². The van der Waals surface area contributed by atoms with Crippen LogP contribution in [-0.2, 0) is 4.74 Å². The number of nitro benzene ring substituents is 1. The third-order valence-electron chi connectivity index (χ3n) is 1.90. The van der Waals surface area contributed by atoms with Crippen LogP contribution in [0.2, 0.25) is 0 Å². The largest absolute Gasteiger partial charge is 0.514 e. The number of aryl methyl sites for hydroxylation is 1. The topological polar surface area (TPSA) is 78.7 Å². The SMILES string of the molecule is Cc1cc(OC(=O)OCC#CI)ccc1[N+](=O)[O-]. The zero-order valence-electron chi connectivity index (χ0n) is 9.31. The number of hydrogen-bond acceptors (Lipinski definition) is 5. The lowest BCUT2D eigenvalue weighted by molar-refractivity contribution is -0.385. The highest BCUT2D eigenvalue weighted by atomic mass is 127. The van der Waals surface area contributed by atoms with Crippen LogP contribution in [-0.4, -0.2) is 17.7 Å². The first-order chi connectivity index (χ1) is 8.54. The Hall–Kier alpha value is -1.82. The quantitative estimate of drug-likeness (QED) is 0.207. The molecule has 0 saturated heterocycles. The predicted octanol–water partition coefficient (Wildman–Crippen LogP) is 2.81. The van der Waals surface area contributed by atoms with Crippen molar-refractivity contribution in [3.05, 3.63) is 33.9 Å². The maximum atomic E-state index is 11.2. The highest BCUT2D eigenvalue weighted by Crippen LogP contribution is 2.23. The van der Waals surface area contributed by atoms with Gasteiger partial charge >= 0.3 is 6.16 Å². The molecule has 0 spiro atoms. The Morgan fingerprint density at radius 1 is 1.56 bits per heavy atom. The van der Waals surface area contributed by atoms with E-state index in [0.29, 0.717) is 5.56 Å². The van der Waals surface area contributed by atoms with Gasteiger partial charge in [-0.3, -0.25) is 10.1 Å². The van der Waals surface area contributed by atoms with Crippen LogP contribution in [0.3, 0.4) is 0 Å². The van der Waals surface area contributed by atoms with E-state index in [1.165, 1.54) is 18.2 Å². The molecule has 0 heterocycles. The second kappa shape index (κ2) is 6.80. The Morgan fingerprint density at radius 3 is 2.83 bits per heavy atom. The average Bonchev–Trinajstić information content (AvgIpc) is 2.28. The van der Waals surface area contributed by atoms with Crippen LogP contribution in [0.25, 0.3) is 0 Å². The molecule has 0 bridgehead atoms. The minimum Gasteiger partial charge on any atom is -0.421 e. The number of halogens is 1. The molecule has 0 atom stereocenters. The second-order valence-electron chi connectivity index (χ2n) is 3.12. The minimum absolute atomic E-state index is 0.0357. The van der Waals surface area contributed by atoms with E-state index in [0.717, 1.165) is 0 Å². The highest BCUT2D eigenvalue weighted by molar-refractivity contribution is 14.1. The van der Waals surface area contributed by atoms with Gasteiger partial charge in [0.05, 0.1) is 4.92 Å². The summed E-state index contributed by atoms with van der Waals surface area (Å²) in [6.45, 7) is 1.49. The van der Waals surface area contributed by atoms with Gasteiger partial charge in [-0.15, -0.1) is 0 Å². The molecule has 0 unspecified atom stereocenters. The summed E-state index contributed by atoms with van der Waals surface area (Å²) in [5.74, 6) is 2.71. The number of hydrogen-bond donors (Lipinski definition) is 0. The second-order valence-corrected chi connectivity index (χ2v) is 3.66. The van der Waals surface area contributed by atoms with Gasteiger partial charge in [-0.05, 0) is 23.0 Å². The standard InChI is InChI=1S/C11H8INO5/c1-8-7-9(3-4-10(8)13(15)16)18-11(14)17-6-2-5-12/h3-4,7H,6H2,1H3. The van der Waals surface area contributed by atoms with Crippen molar-refractivity contribution in [3.8, 4) is 15.6 Å². The van der Waals surface area contributed by atoms with Crippen LogP contribution in [0.5, 0.6) is 5.75 Å². The molecule has 0 fully saturated rings. The summed E-state index contributed by atoms with van der Waals surface area (Å²) in [5, 5.41) is 10.6. The molecular weight excluding hydrogens is 353 g/mol. The molecule has 94 valence electrons. The van der Waals surface area contributed by atoms with E-state index in [-0.39, 0.29) is 18.0 Å². The number of benzene rings is 1. The van der Waals surface area contributed by atoms with Gasteiger partial charge in [0.1, 0.15) is 5.75 Å². The molecular formula is C11H8INO5. The van der Waals surface area contributed by atoms with Gasteiger partial charge in [0, 0.05) is 34.2 Å². The predicted molar refractivity (Wildman–Crippen MR) is 71.6 cm³/mol. The number of ether oxygens (including phenoxy) is 2. The first kappa shape index (κ1) is 14.2. The lowest BCUT2D eigenvalue weighted by Gasteiger charge is -2.04. The fourth-order valence-corrected chi connectivity index (χ4v) is 1.30. The number of nitrogens with zero attached hydrogens (tertiary/aromatic N) is 1. The van der Waals surface area contributed by atoms with Crippen molar-refractivity contribution in [2.24, 2.45) is 0 Å². The summed E-state index contributed by atoms with van der Waals surface area (Å²) in [6.07, 6.45) is -0.901. The summed E-state index contributed by atoms with van der Waals surface area (Å²) >= 11 is 1.81. The van der Waals surface area contributed by atoms with Crippen molar-refractivity contribution in [3.63, 3.8) is 0 Å². The Kier molecular flexibility index (Phi) is 5.38. The number of nitro groups is 1. The molecule has 0 aliphatic heterocycles. The van der Waals surface area contributed by atoms with Crippen molar-refractivity contribution in [1.82, 2.24) is 0 Å². The molecule has 0 aliphatic rings. The lowest BCUT2D eigenvalue weighted by Crippen LogP contribution is -2.10. The van der Waals surface area contributed by atoms with Crippen LogP contribution in [0, 0.1) is 26.9 Å². The molecule has 18 heavy (non-hydrogen) atoms. The van der Waals surface area contributed by atoms with E-state index in [4.69, 9.17) is 4.74 Å². The zero-order chi connectivity index (χ0) is 13.5. The number of rotatable bonds is 3. The van der Waals surface area contributed by atoms with E-state index in [9.17, 15) is 14.9 Å². The van der Waals surface area contributed by atoms with Gasteiger partial charge < -0.3 is 9.47 Å². The summed E-state index contributed by atoms with van der Waals surface area (Å²) < 4.78 is 12.0. The maximum Gasteiger partial charge on any atom is 0.514 e. The van der Waals surface area contributed by atoms with Crippen LogP contribution in [0.15, 0.2) is 18.2 Å². The summed E-state index contributed by atoms with van der Waals surface area (Å²) in [5.41, 5.74) is 0.365. The van der Waals surface area contributed by atoms with Gasteiger partial charge in [0.25, 0.3) is 5.69 Å². The van der Waals surface area contributed by atoms with Gasteiger partial charge in [-0.2, -0.15) is 0 Å². The fraction of sp³-hybridized carbons (Fsp3) is 0.182. The third-order valence-corrected chi connectivity index (χ3v) is 2.28. The first-order valence-electron chi connectivity index (χ1n) is 4.72. The van der Waals surface area contributed by atoms with Crippen molar-refractivity contribution < 1.29 is 19.2 Å². The molecule has 0 aromatic heterocycles. The minimum atomic E-state index is -0.901. The fourth-order valence-electron chi connectivity index (χ4n) is 1.14. The zero-order valence-corrected chi connectivity index (χ0v) is 11.5. The van der Waals surface area contributed by atoms with Crippen molar-refractivity contribution >= 4 is 34.4 Å². The highest BCUT2D eigenvalue weighted by Gasteiger charge is 2.12. The Morgan fingerprint density at radius 2 is 2.28 bits per heavy atom. The van der Waals surface area contributed by atoms with Gasteiger partial charge in [0.15, 0.2) is 6.61 Å². The van der Waals surface area contributed by atoms with Crippen LogP contribution < -0.4 is 4.74 Å². The molecule has 1 aromatic carbocycles. The van der Waals surface area contributed by atoms with E-state index in [1.807, 2.05) is 22.6 Å². The van der Waals surface area contributed by atoms with Crippen LogP contribution in [0.1, 0.15) is 5.56 Å². The summed E-state index contributed by atoms with van der Waals surface area (Å²) in [7, 11) is 0. The molecule has 6 nitrogen and oxygen atoms in total. The number of carbonyl (C=O) groups is 1. The van der Waals surface area contributed by atoms with Crippen LogP contribution in [0.4, 0.5) is 10.5 Å². The molecule has 1 rings (SSSR count). The maximum absolute atomic E-state index is 11.2. The molecule has 0 saturated carbocycles. The van der Waals surface area contributed by atoms with Crippen molar-refractivity contribution in [2.45, 2.75) is 6.92 Å². The first-order valence-corrected chi connectivity index (χ1v) is 5.80. The third kappa shape index (κ3) is 4.21. The molecule has 0 aliphatic carbocycles. The lowest BCUT2D eigenvalue weighted by atomic mass is 10.2. The van der Waals surface area contributed by atoms with Gasteiger partial charge in [0.2, 0.25) is 0 Å². The molecule has 0 radical (unpaired) electrons. The molecule has 0 N–H and O–H groups in total. The van der Waals surface area contributed by atoms with Gasteiger partial charge in [-0.1, -0.05) is 5.92 Å².